The monoisotopic (exact) mass is 451 g/mol. The van der Waals surface area contributed by atoms with Gasteiger partial charge in [-0.05, 0) is 38.0 Å². The summed E-state index contributed by atoms with van der Waals surface area (Å²) in [6.07, 6.45) is 1.68. The third-order valence-corrected chi connectivity index (χ3v) is 4.91. The zero-order valence-electron chi connectivity index (χ0n) is 18.5. The number of oxazole rings is 1. The van der Waals surface area contributed by atoms with Gasteiger partial charge in [-0.2, -0.15) is 5.26 Å². The Bertz CT molecular complexity index is 1100. The molecule has 7 heteroatoms. The maximum absolute atomic E-state index is 12.8. The van der Waals surface area contributed by atoms with Gasteiger partial charge in [0, 0.05) is 30.1 Å². The van der Waals surface area contributed by atoms with Crippen molar-refractivity contribution in [2.45, 2.75) is 45.8 Å². The zero-order chi connectivity index (χ0) is 23.1. The second-order valence-corrected chi connectivity index (χ2v) is 8.79. The molecule has 0 spiro atoms. The van der Waals surface area contributed by atoms with Gasteiger partial charge >= 0.3 is 6.09 Å². The number of halogens is 1. The summed E-state index contributed by atoms with van der Waals surface area (Å²) in [6, 6.07) is 17.7. The third-order valence-electron chi connectivity index (χ3n) is 4.59. The number of nitriles is 1. The number of carbonyl (C=O) groups excluding carboxylic acids is 1. The largest absolute Gasteiger partial charge is 0.445 e. The van der Waals surface area contributed by atoms with E-state index >= 15 is 0 Å². The summed E-state index contributed by atoms with van der Waals surface area (Å²) in [4.78, 5) is 18.6. The Balaban J connectivity index is 1.76. The molecule has 1 amide bonds. The highest BCUT2D eigenvalue weighted by atomic mass is 35.5. The summed E-state index contributed by atoms with van der Waals surface area (Å²) in [5, 5.41) is 9.41. The van der Waals surface area contributed by atoms with Crippen LogP contribution in [0.15, 0.2) is 59.1 Å². The summed E-state index contributed by atoms with van der Waals surface area (Å²) in [7, 11) is 0. The molecule has 3 aromatic rings. The van der Waals surface area contributed by atoms with Crippen LogP contribution in [0.5, 0.6) is 0 Å². The van der Waals surface area contributed by atoms with Gasteiger partial charge in [0.05, 0.1) is 18.7 Å². The van der Waals surface area contributed by atoms with Crippen molar-refractivity contribution in [3.63, 3.8) is 0 Å². The molecule has 0 saturated heterocycles. The fourth-order valence-corrected chi connectivity index (χ4v) is 3.46. The third kappa shape index (κ3) is 6.60. The van der Waals surface area contributed by atoms with Crippen LogP contribution in [0.2, 0.25) is 5.02 Å². The molecule has 2 aromatic carbocycles. The summed E-state index contributed by atoms with van der Waals surface area (Å²) < 4.78 is 11.1. The first-order valence-electron chi connectivity index (χ1n) is 10.4. The lowest BCUT2D eigenvalue weighted by molar-refractivity contribution is 0.0233. The van der Waals surface area contributed by atoms with Crippen LogP contribution in [-0.2, 0) is 24.1 Å². The Morgan fingerprint density at radius 2 is 1.97 bits per heavy atom. The Labute approximate surface area is 193 Å². The number of hydrogen-bond acceptors (Lipinski definition) is 5. The van der Waals surface area contributed by atoms with E-state index in [2.05, 4.69) is 4.98 Å². The molecule has 0 atom stereocenters. The summed E-state index contributed by atoms with van der Waals surface area (Å²) in [6.45, 7) is 6.17. The highest BCUT2D eigenvalue weighted by molar-refractivity contribution is 6.33. The quantitative estimate of drug-likeness (QED) is 0.437. The normalized spacial score (nSPS) is 11.1. The predicted molar refractivity (Wildman–Crippen MR) is 123 cm³/mol. The van der Waals surface area contributed by atoms with Gasteiger partial charge in [-0.1, -0.05) is 54.1 Å². The summed E-state index contributed by atoms with van der Waals surface area (Å²) >= 11 is 6.55. The smallest absolute Gasteiger partial charge is 0.410 e. The minimum absolute atomic E-state index is 0.162. The number of rotatable bonds is 7. The predicted octanol–water partition coefficient (Wildman–Crippen LogP) is 6.04. The number of carbonyl (C=O) groups is 1. The molecule has 0 bridgehead atoms. The second kappa shape index (κ2) is 10.3. The van der Waals surface area contributed by atoms with Gasteiger partial charge in [-0.15, -0.1) is 0 Å². The van der Waals surface area contributed by atoms with Crippen LogP contribution in [0.1, 0.15) is 38.0 Å². The minimum Gasteiger partial charge on any atom is -0.445 e. The highest BCUT2D eigenvalue weighted by Crippen LogP contribution is 2.29. The lowest BCUT2D eigenvalue weighted by Gasteiger charge is -2.27. The van der Waals surface area contributed by atoms with E-state index in [0.29, 0.717) is 36.2 Å². The van der Waals surface area contributed by atoms with Crippen LogP contribution >= 0.6 is 11.6 Å². The molecule has 1 aromatic heterocycles. The van der Waals surface area contributed by atoms with Crippen LogP contribution < -0.4 is 0 Å². The molecule has 0 aliphatic heterocycles. The van der Waals surface area contributed by atoms with Crippen molar-refractivity contribution in [2.75, 3.05) is 6.54 Å². The van der Waals surface area contributed by atoms with Crippen molar-refractivity contribution >= 4 is 17.7 Å². The number of amides is 1. The Kier molecular flexibility index (Phi) is 7.55. The maximum atomic E-state index is 12.8. The van der Waals surface area contributed by atoms with Crippen LogP contribution in [0.25, 0.3) is 11.1 Å². The first kappa shape index (κ1) is 23.4. The molecule has 1 heterocycles. The topological polar surface area (TPSA) is 79.4 Å². The van der Waals surface area contributed by atoms with Gasteiger partial charge in [-0.3, -0.25) is 0 Å². The van der Waals surface area contributed by atoms with E-state index in [1.54, 1.807) is 11.1 Å². The van der Waals surface area contributed by atoms with Crippen LogP contribution in [0.4, 0.5) is 4.79 Å². The molecule has 3 rings (SSSR count). The van der Waals surface area contributed by atoms with Gasteiger partial charge in [0.2, 0.25) is 0 Å². The molecule has 0 aliphatic carbocycles. The Morgan fingerprint density at radius 3 is 2.62 bits per heavy atom. The van der Waals surface area contributed by atoms with Gasteiger partial charge in [0.15, 0.2) is 5.89 Å². The summed E-state index contributed by atoms with van der Waals surface area (Å²) in [5.41, 5.74) is 2.24. The highest BCUT2D eigenvalue weighted by Gasteiger charge is 2.23. The van der Waals surface area contributed by atoms with E-state index in [1.807, 2.05) is 75.4 Å². The molecule has 0 fully saturated rings. The van der Waals surface area contributed by atoms with Gasteiger partial charge in [0.1, 0.15) is 11.4 Å². The van der Waals surface area contributed by atoms with E-state index in [0.717, 1.165) is 16.7 Å². The molecule has 0 saturated carbocycles. The van der Waals surface area contributed by atoms with Crippen molar-refractivity contribution in [2.24, 2.45) is 0 Å². The van der Waals surface area contributed by atoms with Crippen molar-refractivity contribution in [1.29, 1.82) is 5.26 Å². The van der Waals surface area contributed by atoms with Crippen molar-refractivity contribution in [1.82, 2.24) is 9.88 Å². The average Bonchev–Trinajstić information content (AvgIpc) is 3.18. The number of hydrogen-bond donors (Lipinski definition) is 0. The van der Waals surface area contributed by atoms with E-state index in [-0.39, 0.29) is 6.42 Å². The number of nitrogens with zero attached hydrogens (tertiary/aromatic N) is 3. The molecule has 32 heavy (non-hydrogen) atoms. The molecular formula is C25H26ClN3O3. The molecule has 0 N–H and O–H groups in total. The van der Waals surface area contributed by atoms with E-state index < -0.39 is 11.7 Å². The first-order chi connectivity index (χ1) is 15.2. The minimum atomic E-state index is -0.618. The van der Waals surface area contributed by atoms with Crippen molar-refractivity contribution in [3.8, 4) is 17.2 Å². The molecular weight excluding hydrogens is 426 g/mol. The number of ether oxygens (including phenoxy) is 1. The SMILES string of the molecule is CC(C)(C)OC(=O)N(CCc1ncc(CC#N)o1)Cc1ccc(-c2ccccc2)c(Cl)c1. The fraction of sp³-hybridized carbons (Fsp3) is 0.320. The second-order valence-electron chi connectivity index (χ2n) is 8.39. The lowest BCUT2D eigenvalue weighted by Crippen LogP contribution is -2.37. The van der Waals surface area contributed by atoms with E-state index in [9.17, 15) is 4.79 Å². The summed E-state index contributed by atoms with van der Waals surface area (Å²) in [5.74, 6) is 0.982. The number of benzene rings is 2. The molecule has 0 unspecified atom stereocenters. The standard InChI is InChI=1S/C25H26ClN3O3/c1-25(2,3)32-24(30)29(14-12-23-28-16-20(31-23)11-13-27)17-18-9-10-21(22(26)15-18)19-7-5-4-6-8-19/h4-10,15-16H,11-12,14,17H2,1-3H3. The van der Waals surface area contributed by atoms with Crippen LogP contribution in [0, 0.1) is 11.3 Å². The molecule has 6 nitrogen and oxygen atoms in total. The van der Waals surface area contributed by atoms with E-state index in [1.165, 1.54) is 0 Å². The average molecular weight is 452 g/mol. The van der Waals surface area contributed by atoms with Gasteiger partial charge in [-0.25, -0.2) is 9.78 Å². The van der Waals surface area contributed by atoms with Gasteiger partial charge in [0.25, 0.3) is 0 Å². The first-order valence-corrected chi connectivity index (χ1v) is 10.8. The van der Waals surface area contributed by atoms with Crippen LogP contribution in [0.3, 0.4) is 0 Å². The Hall–Kier alpha value is -3.30. The maximum Gasteiger partial charge on any atom is 0.410 e. The molecule has 0 radical (unpaired) electrons. The van der Waals surface area contributed by atoms with Crippen molar-refractivity contribution < 1.29 is 13.9 Å². The molecule has 0 aliphatic rings. The fourth-order valence-electron chi connectivity index (χ4n) is 3.14. The van der Waals surface area contributed by atoms with E-state index in [4.69, 9.17) is 26.0 Å². The van der Waals surface area contributed by atoms with Gasteiger partial charge < -0.3 is 14.1 Å². The number of aromatic nitrogens is 1. The molecule has 166 valence electrons. The van der Waals surface area contributed by atoms with Crippen molar-refractivity contribution in [3.05, 3.63) is 77.0 Å². The zero-order valence-corrected chi connectivity index (χ0v) is 19.2. The lowest BCUT2D eigenvalue weighted by atomic mass is 10.0. The van der Waals surface area contributed by atoms with Crippen LogP contribution in [-0.4, -0.2) is 28.1 Å². The Morgan fingerprint density at radius 1 is 1.22 bits per heavy atom.